The minimum Gasteiger partial charge on any atom is -0.497 e. The highest BCUT2D eigenvalue weighted by atomic mass is 32.2. The zero-order valence-corrected chi connectivity index (χ0v) is 14.7. The molecule has 1 aromatic heterocycles. The molecule has 1 aromatic carbocycles. The molecule has 0 saturated heterocycles. The van der Waals surface area contributed by atoms with E-state index in [-0.39, 0.29) is 15.5 Å². The number of ether oxygens (including phenoxy) is 1. The summed E-state index contributed by atoms with van der Waals surface area (Å²) in [5.74, 6) is 0.505. The van der Waals surface area contributed by atoms with Crippen LogP contribution in [0.3, 0.4) is 0 Å². The van der Waals surface area contributed by atoms with Crippen LogP contribution in [0, 0.1) is 0 Å². The van der Waals surface area contributed by atoms with Crippen LogP contribution < -0.4 is 15.2 Å². The number of carbonyl (C=O) groups is 1. The minimum absolute atomic E-state index is 0.0124. The lowest BCUT2D eigenvalue weighted by Crippen LogP contribution is -2.31. The number of hydrogen-bond acceptors (Lipinski definition) is 5. The first-order valence-electron chi connectivity index (χ1n) is 7.39. The van der Waals surface area contributed by atoms with Crippen molar-refractivity contribution in [2.45, 2.75) is 22.5 Å². The van der Waals surface area contributed by atoms with Crippen molar-refractivity contribution < 1.29 is 17.9 Å². The van der Waals surface area contributed by atoms with Gasteiger partial charge in [0.25, 0.3) is 5.91 Å². The minimum atomic E-state index is -3.77. The molecule has 1 aliphatic carbocycles. The highest BCUT2D eigenvalue weighted by Gasteiger charge is 2.44. The summed E-state index contributed by atoms with van der Waals surface area (Å²) >= 11 is 0.876. The number of primary sulfonamides is 1. The van der Waals surface area contributed by atoms with Gasteiger partial charge in [0.15, 0.2) is 0 Å². The van der Waals surface area contributed by atoms with Gasteiger partial charge in [-0.3, -0.25) is 4.79 Å². The van der Waals surface area contributed by atoms with Crippen LogP contribution in [0.1, 0.15) is 28.1 Å². The monoisotopic (exact) mass is 366 g/mol. The molecular formula is C16H18N2O4S2. The molecule has 0 aliphatic heterocycles. The summed E-state index contributed by atoms with van der Waals surface area (Å²) in [7, 11) is -2.15. The Morgan fingerprint density at radius 2 is 2.08 bits per heavy atom. The number of nitrogens with one attached hydrogen (secondary N) is 1. The fraction of sp³-hybridized carbons (Fsp3) is 0.312. The summed E-state index contributed by atoms with van der Waals surface area (Å²) < 4.78 is 27.8. The number of methoxy groups -OCH3 is 1. The predicted molar refractivity (Wildman–Crippen MR) is 91.9 cm³/mol. The average Bonchev–Trinajstić information content (AvgIpc) is 3.17. The molecule has 0 atom stereocenters. The van der Waals surface area contributed by atoms with Gasteiger partial charge in [-0.25, -0.2) is 13.6 Å². The second kappa shape index (κ2) is 6.19. The molecule has 0 unspecified atom stereocenters. The number of benzene rings is 1. The Morgan fingerprint density at radius 1 is 1.33 bits per heavy atom. The summed E-state index contributed by atoms with van der Waals surface area (Å²) in [6, 6.07) is 10.7. The first-order valence-corrected chi connectivity index (χ1v) is 9.76. The lowest BCUT2D eigenvalue weighted by Gasteiger charge is -2.17. The zero-order valence-electron chi connectivity index (χ0n) is 13.1. The Labute approximate surface area is 144 Å². The second-order valence-corrected chi connectivity index (χ2v) is 8.73. The largest absolute Gasteiger partial charge is 0.497 e. The summed E-state index contributed by atoms with van der Waals surface area (Å²) in [6.07, 6.45) is 1.99. The molecule has 0 radical (unpaired) electrons. The first-order chi connectivity index (χ1) is 11.3. The van der Waals surface area contributed by atoms with E-state index in [1.807, 2.05) is 24.3 Å². The van der Waals surface area contributed by atoms with Gasteiger partial charge in [-0.15, -0.1) is 11.3 Å². The van der Waals surface area contributed by atoms with E-state index < -0.39 is 10.0 Å². The Kier molecular flexibility index (Phi) is 4.37. The molecule has 2 aromatic rings. The molecule has 0 bridgehead atoms. The van der Waals surface area contributed by atoms with Crippen molar-refractivity contribution in [2.24, 2.45) is 5.14 Å². The lowest BCUT2D eigenvalue weighted by atomic mass is 9.95. The maximum absolute atomic E-state index is 12.3. The fourth-order valence-electron chi connectivity index (χ4n) is 2.60. The number of nitrogens with two attached hydrogens (primary N) is 1. The van der Waals surface area contributed by atoms with E-state index in [4.69, 9.17) is 9.88 Å². The van der Waals surface area contributed by atoms with Gasteiger partial charge in [-0.05, 0) is 42.7 Å². The van der Waals surface area contributed by atoms with Crippen LogP contribution >= 0.6 is 11.3 Å². The van der Waals surface area contributed by atoms with Crippen LogP contribution in [0.2, 0.25) is 0 Å². The van der Waals surface area contributed by atoms with E-state index >= 15 is 0 Å². The van der Waals surface area contributed by atoms with Crippen molar-refractivity contribution in [3.8, 4) is 5.75 Å². The number of thiophene rings is 1. The Hall–Kier alpha value is -1.90. The highest BCUT2D eigenvalue weighted by Crippen LogP contribution is 2.48. The smallest absolute Gasteiger partial charge is 0.261 e. The third-order valence-corrected chi connectivity index (χ3v) is 6.73. The topological polar surface area (TPSA) is 98.5 Å². The maximum Gasteiger partial charge on any atom is 0.261 e. The number of sulfonamides is 1. The van der Waals surface area contributed by atoms with Crippen LogP contribution in [-0.2, 0) is 15.4 Å². The van der Waals surface area contributed by atoms with Gasteiger partial charge in [0.05, 0.1) is 12.0 Å². The summed E-state index contributed by atoms with van der Waals surface area (Å²) in [6.45, 7) is 0.502. The molecule has 1 fully saturated rings. The summed E-state index contributed by atoms with van der Waals surface area (Å²) in [5, 5.41) is 7.96. The Morgan fingerprint density at radius 3 is 2.67 bits per heavy atom. The lowest BCUT2D eigenvalue weighted by molar-refractivity contribution is 0.0953. The van der Waals surface area contributed by atoms with Crippen molar-refractivity contribution in [1.29, 1.82) is 0 Å². The number of carbonyl (C=O) groups excluding carboxylic acids is 1. The van der Waals surface area contributed by atoms with Gasteiger partial charge < -0.3 is 10.1 Å². The molecule has 0 spiro atoms. The summed E-state index contributed by atoms with van der Waals surface area (Å²) in [4.78, 5) is 12.6. The normalized spacial score (nSPS) is 15.8. The molecular weight excluding hydrogens is 348 g/mol. The van der Waals surface area contributed by atoms with Gasteiger partial charge in [0, 0.05) is 12.0 Å². The average molecular weight is 366 g/mol. The number of amides is 1. The van der Waals surface area contributed by atoms with Gasteiger partial charge >= 0.3 is 0 Å². The molecule has 1 aliphatic rings. The fourth-order valence-corrected chi connectivity index (χ4v) is 4.25. The standard InChI is InChI=1S/C16H18N2O4S2/c1-22-12-4-2-3-11(9-12)16(7-8-16)10-18-15(19)13-5-6-14(23-13)24(17,20)21/h2-6,9H,7-8,10H2,1H3,(H,18,19)(H2,17,20,21). The molecule has 8 heteroatoms. The third kappa shape index (κ3) is 3.45. The van der Waals surface area contributed by atoms with Gasteiger partial charge in [-0.1, -0.05) is 12.1 Å². The van der Waals surface area contributed by atoms with E-state index in [0.29, 0.717) is 11.4 Å². The van der Waals surface area contributed by atoms with E-state index in [1.54, 1.807) is 7.11 Å². The van der Waals surface area contributed by atoms with Crippen LogP contribution in [0.4, 0.5) is 0 Å². The number of hydrogen-bond donors (Lipinski definition) is 2. The SMILES string of the molecule is COc1cccc(C2(CNC(=O)c3ccc(S(N)(=O)=O)s3)CC2)c1. The second-order valence-electron chi connectivity index (χ2n) is 5.86. The van der Waals surface area contributed by atoms with Crippen LogP contribution in [-0.4, -0.2) is 28.0 Å². The van der Waals surface area contributed by atoms with E-state index in [2.05, 4.69) is 5.32 Å². The van der Waals surface area contributed by atoms with Crippen LogP contribution in [0.15, 0.2) is 40.6 Å². The highest BCUT2D eigenvalue weighted by molar-refractivity contribution is 7.91. The van der Waals surface area contributed by atoms with Gasteiger partial charge in [-0.2, -0.15) is 0 Å². The maximum atomic E-state index is 12.3. The molecule has 1 heterocycles. The molecule has 3 N–H and O–H groups in total. The van der Waals surface area contributed by atoms with Crippen molar-refractivity contribution in [3.05, 3.63) is 46.8 Å². The van der Waals surface area contributed by atoms with Crippen molar-refractivity contribution in [3.63, 3.8) is 0 Å². The summed E-state index contributed by atoms with van der Waals surface area (Å²) in [5.41, 5.74) is 1.07. The zero-order chi connectivity index (χ0) is 17.4. The molecule has 24 heavy (non-hydrogen) atoms. The molecule has 3 rings (SSSR count). The van der Waals surface area contributed by atoms with Crippen LogP contribution in [0.5, 0.6) is 5.75 Å². The van der Waals surface area contributed by atoms with Crippen molar-refractivity contribution in [2.75, 3.05) is 13.7 Å². The Balaban J connectivity index is 1.69. The predicted octanol–water partition coefficient (Wildman–Crippen LogP) is 1.87. The molecule has 128 valence electrons. The van der Waals surface area contributed by atoms with E-state index in [9.17, 15) is 13.2 Å². The Bertz CT molecular complexity index is 870. The number of rotatable bonds is 6. The first kappa shape index (κ1) is 16.9. The van der Waals surface area contributed by atoms with Crippen LogP contribution in [0.25, 0.3) is 0 Å². The van der Waals surface area contributed by atoms with E-state index in [1.165, 1.54) is 12.1 Å². The van der Waals surface area contributed by atoms with Crippen molar-refractivity contribution in [1.82, 2.24) is 5.32 Å². The molecule has 1 saturated carbocycles. The van der Waals surface area contributed by atoms with E-state index in [0.717, 1.165) is 35.5 Å². The van der Waals surface area contributed by atoms with Gasteiger partial charge in [0.2, 0.25) is 10.0 Å². The molecule has 1 amide bonds. The van der Waals surface area contributed by atoms with Crippen molar-refractivity contribution >= 4 is 27.3 Å². The van der Waals surface area contributed by atoms with Gasteiger partial charge in [0.1, 0.15) is 9.96 Å². The quantitative estimate of drug-likeness (QED) is 0.815. The molecule has 6 nitrogen and oxygen atoms in total. The third-order valence-electron chi connectivity index (χ3n) is 4.21.